The molecule has 10 heavy (non-hydrogen) atoms. The highest BCUT2D eigenvalue weighted by molar-refractivity contribution is 5.01. The third-order valence-electron chi connectivity index (χ3n) is 1.27. The first-order chi connectivity index (χ1) is 4.74. The highest BCUT2D eigenvalue weighted by atomic mass is 16.3. The number of aromatic nitrogens is 2. The van der Waals surface area contributed by atoms with E-state index in [2.05, 4.69) is 9.97 Å². The standard InChI is InChI=1S/C6H11N3O/c1-4-2-8-6(9-4)5(7)3-10/h2,5,10H,3,7H2,1H3,(H,8,9). The van der Waals surface area contributed by atoms with Crippen molar-refractivity contribution in [1.29, 1.82) is 0 Å². The summed E-state index contributed by atoms with van der Waals surface area (Å²) in [6.07, 6.45) is 1.69. The Hall–Kier alpha value is -0.870. The Morgan fingerprint density at radius 3 is 3.00 bits per heavy atom. The van der Waals surface area contributed by atoms with Gasteiger partial charge in [0.25, 0.3) is 0 Å². The molecule has 56 valence electrons. The van der Waals surface area contributed by atoms with Crippen molar-refractivity contribution >= 4 is 0 Å². The van der Waals surface area contributed by atoms with E-state index in [-0.39, 0.29) is 12.6 Å². The zero-order valence-electron chi connectivity index (χ0n) is 5.83. The number of nitrogens with two attached hydrogens (primary N) is 1. The lowest BCUT2D eigenvalue weighted by Crippen LogP contribution is -2.15. The van der Waals surface area contributed by atoms with Crippen molar-refractivity contribution < 1.29 is 5.11 Å². The fourth-order valence-electron chi connectivity index (χ4n) is 0.708. The summed E-state index contributed by atoms with van der Waals surface area (Å²) in [7, 11) is 0. The van der Waals surface area contributed by atoms with E-state index in [9.17, 15) is 0 Å². The van der Waals surface area contributed by atoms with Crippen LogP contribution < -0.4 is 5.73 Å². The van der Waals surface area contributed by atoms with E-state index in [1.165, 1.54) is 0 Å². The van der Waals surface area contributed by atoms with Gasteiger partial charge in [-0.15, -0.1) is 0 Å². The van der Waals surface area contributed by atoms with Crippen LogP contribution in [-0.2, 0) is 0 Å². The fraction of sp³-hybridized carbons (Fsp3) is 0.500. The van der Waals surface area contributed by atoms with Crippen molar-refractivity contribution in [2.45, 2.75) is 13.0 Å². The van der Waals surface area contributed by atoms with Gasteiger partial charge in [0, 0.05) is 11.9 Å². The summed E-state index contributed by atoms with van der Waals surface area (Å²) in [5.41, 5.74) is 6.42. The van der Waals surface area contributed by atoms with Crippen LogP contribution in [0.2, 0.25) is 0 Å². The minimum absolute atomic E-state index is 0.0764. The van der Waals surface area contributed by atoms with Crippen molar-refractivity contribution in [3.05, 3.63) is 17.7 Å². The van der Waals surface area contributed by atoms with Crippen molar-refractivity contribution in [3.8, 4) is 0 Å². The summed E-state index contributed by atoms with van der Waals surface area (Å²) in [6.45, 7) is 1.81. The van der Waals surface area contributed by atoms with E-state index in [0.717, 1.165) is 5.69 Å². The number of aryl methyl sites for hydroxylation is 1. The van der Waals surface area contributed by atoms with E-state index in [1.54, 1.807) is 6.20 Å². The molecule has 0 bridgehead atoms. The Kier molecular flexibility index (Phi) is 2.03. The third kappa shape index (κ3) is 1.34. The van der Waals surface area contributed by atoms with Gasteiger partial charge < -0.3 is 15.8 Å². The number of hydrogen-bond acceptors (Lipinski definition) is 3. The predicted octanol–water partition coefficient (Wildman–Crippen LogP) is -0.290. The molecule has 0 aliphatic heterocycles. The topological polar surface area (TPSA) is 74.9 Å². The Labute approximate surface area is 59.1 Å². The molecular weight excluding hydrogens is 130 g/mol. The summed E-state index contributed by atoms with van der Waals surface area (Å²) in [4.78, 5) is 6.88. The van der Waals surface area contributed by atoms with Gasteiger partial charge in [0.2, 0.25) is 0 Å². The van der Waals surface area contributed by atoms with E-state index >= 15 is 0 Å². The number of aliphatic hydroxyl groups excluding tert-OH is 1. The molecule has 0 saturated heterocycles. The van der Waals surface area contributed by atoms with Crippen LogP contribution in [0.25, 0.3) is 0 Å². The number of nitrogens with one attached hydrogen (secondary N) is 1. The van der Waals surface area contributed by atoms with Crippen LogP contribution >= 0.6 is 0 Å². The number of nitrogens with zero attached hydrogens (tertiary/aromatic N) is 1. The highest BCUT2D eigenvalue weighted by Gasteiger charge is 2.05. The lowest BCUT2D eigenvalue weighted by molar-refractivity contribution is 0.264. The average Bonchev–Trinajstić information content (AvgIpc) is 2.34. The fourth-order valence-corrected chi connectivity index (χ4v) is 0.708. The number of rotatable bonds is 2. The van der Waals surface area contributed by atoms with E-state index in [4.69, 9.17) is 10.8 Å². The SMILES string of the molecule is Cc1cnc(C(N)CO)[nH]1. The lowest BCUT2D eigenvalue weighted by atomic mass is 10.3. The zero-order chi connectivity index (χ0) is 7.56. The van der Waals surface area contributed by atoms with E-state index < -0.39 is 0 Å². The minimum Gasteiger partial charge on any atom is -0.394 e. The smallest absolute Gasteiger partial charge is 0.125 e. The molecule has 4 N–H and O–H groups in total. The minimum atomic E-state index is -0.381. The van der Waals surface area contributed by atoms with Crippen molar-refractivity contribution in [2.24, 2.45) is 5.73 Å². The van der Waals surface area contributed by atoms with Gasteiger partial charge in [-0.3, -0.25) is 0 Å². The molecule has 0 spiro atoms. The average molecular weight is 141 g/mol. The molecular formula is C6H11N3O. The molecule has 1 heterocycles. The monoisotopic (exact) mass is 141 g/mol. The van der Waals surface area contributed by atoms with Crippen LogP contribution in [0.15, 0.2) is 6.20 Å². The van der Waals surface area contributed by atoms with Gasteiger partial charge in [-0.1, -0.05) is 0 Å². The molecule has 1 aromatic heterocycles. The molecule has 0 aliphatic rings. The maximum absolute atomic E-state index is 8.61. The molecule has 0 aliphatic carbocycles. The molecule has 0 amide bonds. The Bertz CT molecular complexity index is 209. The second-order valence-electron chi connectivity index (χ2n) is 2.24. The summed E-state index contributed by atoms with van der Waals surface area (Å²) in [5.74, 6) is 0.639. The molecule has 0 radical (unpaired) electrons. The van der Waals surface area contributed by atoms with Crippen molar-refractivity contribution in [3.63, 3.8) is 0 Å². The molecule has 1 atom stereocenters. The first-order valence-electron chi connectivity index (χ1n) is 3.12. The Morgan fingerprint density at radius 2 is 2.60 bits per heavy atom. The summed E-state index contributed by atoms with van der Waals surface area (Å²) < 4.78 is 0. The normalized spacial score (nSPS) is 13.5. The van der Waals surface area contributed by atoms with Gasteiger partial charge in [0.1, 0.15) is 5.82 Å². The number of aliphatic hydroxyl groups is 1. The zero-order valence-corrected chi connectivity index (χ0v) is 5.83. The van der Waals surface area contributed by atoms with Crippen LogP contribution in [0.3, 0.4) is 0 Å². The number of imidazole rings is 1. The second kappa shape index (κ2) is 2.81. The molecule has 1 aromatic rings. The Balaban J connectivity index is 2.74. The first-order valence-corrected chi connectivity index (χ1v) is 3.12. The lowest BCUT2D eigenvalue weighted by Gasteiger charge is -2.01. The highest BCUT2D eigenvalue weighted by Crippen LogP contribution is 2.03. The van der Waals surface area contributed by atoms with Crippen LogP contribution in [-0.4, -0.2) is 21.7 Å². The van der Waals surface area contributed by atoms with E-state index in [1.807, 2.05) is 6.92 Å². The summed E-state index contributed by atoms with van der Waals surface area (Å²) >= 11 is 0. The number of aromatic amines is 1. The van der Waals surface area contributed by atoms with Crippen LogP contribution in [0.4, 0.5) is 0 Å². The van der Waals surface area contributed by atoms with Gasteiger partial charge in [-0.05, 0) is 6.92 Å². The van der Waals surface area contributed by atoms with E-state index in [0.29, 0.717) is 5.82 Å². The molecule has 4 heteroatoms. The van der Waals surface area contributed by atoms with Crippen molar-refractivity contribution in [2.75, 3.05) is 6.61 Å². The third-order valence-corrected chi connectivity index (χ3v) is 1.27. The van der Waals surface area contributed by atoms with Gasteiger partial charge >= 0.3 is 0 Å². The largest absolute Gasteiger partial charge is 0.394 e. The molecule has 0 fully saturated rings. The quantitative estimate of drug-likeness (QED) is 0.529. The molecule has 4 nitrogen and oxygen atoms in total. The molecule has 0 aromatic carbocycles. The van der Waals surface area contributed by atoms with Crippen LogP contribution in [0.5, 0.6) is 0 Å². The van der Waals surface area contributed by atoms with Gasteiger partial charge in [-0.25, -0.2) is 4.98 Å². The molecule has 0 saturated carbocycles. The maximum Gasteiger partial charge on any atom is 0.125 e. The van der Waals surface area contributed by atoms with Gasteiger partial charge in [0.15, 0.2) is 0 Å². The number of hydrogen-bond donors (Lipinski definition) is 3. The first kappa shape index (κ1) is 7.24. The molecule has 1 rings (SSSR count). The van der Waals surface area contributed by atoms with Crippen molar-refractivity contribution in [1.82, 2.24) is 9.97 Å². The Morgan fingerprint density at radius 1 is 1.90 bits per heavy atom. The predicted molar refractivity (Wildman–Crippen MR) is 37.3 cm³/mol. The van der Waals surface area contributed by atoms with Crippen LogP contribution in [0.1, 0.15) is 17.6 Å². The van der Waals surface area contributed by atoms with Gasteiger partial charge in [-0.2, -0.15) is 0 Å². The second-order valence-corrected chi connectivity index (χ2v) is 2.24. The summed E-state index contributed by atoms with van der Waals surface area (Å²) in [5, 5.41) is 8.61. The maximum atomic E-state index is 8.61. The van der Waals surface area contributed by atoms with Gasteiger partial charge in [0.05, 0.1) is 12.6 Å². The number of H-pyrrole nitrogens is 1. The molecule has 1 unspecified atom stereocenters. The van der Waals surface area contributed by atoms with Crippen LogP contribution in [0, 0.1) is 6.92 Å². The summed E-state index contributed by atoms with van der Waals surface area (Å²) in [6, 6.07) is -0.381.